The summed E-state index contributed by atoms with van der Waals surface area (Å²) >= 11 is 0. The lowest BCUT2D eigenvalue weighted by Gasteiger charge is -2.13. The van der Waals surface area contributed by atoms with Gasteiger partial charge in [-0.25, -0.2) is 4.98 Å². The molecule has 3 nitrogen and oxygen atoms in total. The maximum absolute atomic E-state index is 4.79. The van der Waals surface area contributed by atoms with Crippen LogP contribution in [0.2, 0.25) is 0 Å². The molecule has 2 bridgehead atoms. The van der Waals surface area contributed by atoms with E-state index in [2.05, 4.69) is 46.4 Å². The molecule has 0 aliphatic heterocycles. The molecule has 3 heteroatoms. The van der Waals surface area contributed by atoms with Crippen molar-refractivity contribution in [3.8, 4) is 11.3 Å². The first-order valence-corrected chi connectivity index (χ1v) is 7.22. The summed E-state index contributed by atoms with van der Waals surface area (Å²) in [6, 6.07) is 16.7. The van der Waals surface area contributed by atoms with Gasteiger partial charge >= 0.3 is 0 Å². The van der Waals surface area contributed by atoms with Gasteiger partial charge in [-0.3, -0.25) is 9.97 Å². The first-order valence-electron chi connectivity index (χ1n) is 7.22. The molecular weight excluding hydrogens is 270 g/mol. The average molecular weight is 281 g/mol. The third kappa shape index (κ3) is 1.48. The minimum absolute atomic E-state index is 0.933. The van der Waals surface area contributed by atoms with Crippen molar-refractivity contribution in [1.82, 2.24) is 15.0 Å². The van der Waals surface area contributed by atoms with Gasteiger partial charge < -0.3 is 0 Å². The van der Waals surface area contributed by atoms with Crippen molar-refractivity contribution >= 4 is 32.6 Å². The molecule has 0 aliphatic rings. The third-order valence-corrected chi connectivity index (χ3v) is 4.17. The number of benzene rings is 2. The number of fused-ring (bicyclic) bond motifs is 3. The van der Waals surface area contributed by atoms with Crippen LogP contribution in [0.3, 0.4) is 0 Å². The molecule has 0 saturated heterocycles. The number of hydrogen-bond donors (Lipinski definition) is 0. The Bertz CT molecular complexity index is 1120. The Morgan fingerprint density at radius 2 is 1.64 bits per heavy atom. The molecule has 0 spiro atoms. The van der Waals surface area contributed by atoms with Gasteiger partial charge in [-0.2, -0.15) is 0 Å². The molecule has 0 fully saturated rings. The lowest BCUT2D eigenvalue weighted by Crippen LogP contribution is -1.95. The highest BCUT2D eigenvalue weighted by Gasteiger charge is 2.15. The van der Waals surface area contributed by atoms with Crippen LogP contribution >= 0.6 is 0 Å². The molecule has 0 aliphatic carbocycles. The first-order chi connectivity index (χ1) is 10.9. The molecule has 4 aromatic heterocycles. The van der Waals surface area contributed by atoms with Crippen LogP contribution in [0.4, 0.5) is 0 Å². The second kappa shape index (κ2) is 4.21. The Morgan fingerprint density at radius 1 is 0.773 bits per heavy atom. The molecule has 22 heavy (non-hydrogen) atoms. The fourth-order valence-electron chi connectivity index (χ4n) is 3.15. The summed E-state index contributed by atoms with van der Waals surface area (Å²) in [5, 5.41) is 4.82. The van der Waals surface area contributed by atoms with E-state index in [-0.39, 0.29) is 0 Å². The fourth-order valence-corrected chi connectivity index (χ4v) is 3.15. The van der Waals surface area contributed by atoms with Crippen molar-refractivity contribution in [3.63, 3.8) is 0 Å². The average Bonchev–Trinajstić information content (AvgIpc) is 2.62. The van der Waals surface area contributed by atoms with Gasteiger partial charge in [0.05, 0.1) is 22.9 Å². The highest BCUT2D eigenvalue weighted by atomic mass is 14.8. The Balaban J connectivity index is 2.01. The SMILES string of the molecule is c1ccc2c(c1)ccc1c3cnc(c(-c4ccncc4)n3)c21. The molecule has 6 aromatic rings. The quantitative estimate of drug-likeness (QED) is 0.426. The van der Waals surface area contributed by atoms with E-state index in [1.807, 2.05) is 18.3 Å². The van der Waals surface area contributed by atoms with Crippen LogP contribution in [0.5, 0.6) is 0 Å². The molecule has 6 rings (SSSR count). The van der Waals surface area contributed by atoms with E-state index in [1.54, 1.807) is 12.4 Å². The predicted molar refractivity (Wildman–Crippen MR) is 89.0 cm³/mol. The van der Waals surface area contributed by atoms with Gasteiger partial charge in [0, 0.05) is 28.7 Å². The fraction of sp³-hybridized carbons (Fsp3) is 0. The van der Waals surface area contributed by atoms with Crippen molar-refractivity contribution in [1.29, 1.82) is 0 Å². The molecule has 2 aromatic carbocycles. The number of pyridine rings is 3. The second-order valence-electron chi connectivity index (χ2n) is 5.40. The van der Waals surface area contributed by atoms with Crippen LogP contribution < -0.4 is 0 Å². The topological polar surface area (TPSA) is 38.7 Å². The van der Waals surface area contributed by atoms with Crippen molar-refractivity contribution in [2.45, 2.75) is 0 Å². The van der Waals surface area contributed by atoms with Gasteiger partial charge in [-0.1, -0.05) is 36.4 Å². The number of hydrogen-bond acceptors (Lipinski definition) is 3. The minimum atomic E-state index is 0.933. The van der Waals surface area contributed by atoms with E-state index in [1.165, 1.54) is 21.5 Å². The zero-order chi connectivity index (χ0) is 14.5. The molecular formula is C19H11N3. The summed E-state index contributed by atoms with van der Waals surface area (Å²) in [4.78, 5) is 13.5. The Kier molecular flexibility index (Phi) is 2.22. The van der Waals surface area contributed by atoms with Gasteiger partial charge in [-0.15, -0.1) is 0 Å². The summed E-state index contributed by atoms with van der Waals surface area (Å²) in [7, 11) is 0. The lowest BCUT2D eigenvalue weighted by molar-refractivity contribution is 1.29. The van der Waals surface area contributed by atoms with E-state index in [0.29, 0.717) is 0 Å². The first kappa shape index (κ1) is 11.6. The zero-order valence-electron chi connectivity index (χ0n) is 11.7. The molecule has 0 unspecified atom stereocenters. The lowest BCUT2D eigenvalue weighted by atomic mass is 9.98. The monoisotopic (exact) mass is 281 g/mol. The number of rotatable bonds is 1. The minimum Gasteiger partial charge on any atom is -0.265 e. The summed E-state index contributed by atoms with van der Waals surface area (Å²) in [5.74, 6) is 0. The van der Waals surface area contributed by atoms with Crippen molar-refractivity contribution in [3.05, 3.63) is 67.1 Å². The van der Waals surface area contributed by atoms with E-state index >= 15 is 0 Å². The molecule has 0 amide bonds. The zero-order valence-corrected chi connectivity index (χ0v) is 11.7. The maximum Gasteiger partial charge on any atom is 0.0978 e. The summed E-state index contributed by atoms with van der Waals surface area (Å²) < 4.78 is 0. The number of nitrogens with zero attached hydrogens (tertiary/aromatic N) is 3. The molecule has 4 heterocycles. The molecule has 102 valence electrons. The smallest absolute Gasteiger partial charge is 0.0978 e. The van der Waals surface area contributed by atoms with Gasteiger partial charge in [0.15, 0.2) is 0 Å². The Hall–Kier alpha value is -3.07. The van der Waals surface area contributed by atoms with Crippen LogP contribution in [0.1, 0.15) is 0 Å². The third-order valence-electron chi connectivity index (χ3n) is 4.17. The van der Waals surface area contributed by atoms with Gasteiger partial charge in [0.2, 0.25) is 0 Å². The number of aromatic nitrogens is 3. The van der Waals surface area contributed by atoms with Gasteiger partial charge in [0.1, 0.15) is 0 Å². The van der Waals surface area contributed by atoms with E-state index in [9.17, 15) is 0 Å². The largest absolute Gasteiger partial charge is 0.265 e. The van der Waals surface area contributed by atoms with Crippen LogP contribution in [0.25, 0.3) is 43.8 Å². The van der Waals surface area contributed by atoms with Crippen LogP contribution in [-0.4, -0.2) is 15.0 Å². The second-order valence-corrected chi connectivity index (χ2v) is 5.40. The van der Waals surface area contributed by atoms with E-state index in [0.717, 1.165) is 22.3 Å². The van der Waals surface area contributed by atoms with Gasteiger partial charge in [-0.05, 0) is 22.9 Å². The standard InChI is InChI=1S/C19H11N3/c1-2-4-14-12(3-1)5-6-15-16-11-21-19(17(14)15)18(22-16)13-7-9-20-10-8-13/h1-11H. The summed E-state index contributed by atoms with van der Waals surface area (Å²) in [6.45, 7) is 0. The Morgan fingerprint density at radius 3 is 2.55 bits per heavy atom. The predicted octanol–water partition coefficient (Wildman–Crippen LogP) is 4.44. The van der Waals surface area contributed by atoms with E-state index < -0.39 is 0 Å². The van der Waals surface area contributed by atoms with E-state index in [4.69, 9.17) is 4.98 Å². The summed E-state index contributed by atoms with van der Waals surface area (Å²) in [5.41, 5.74) is 3.87. The normalized spacial score (nSPS) is 11.6. The molecule has 0 atom stereocenters. The Labute approximate surface area is 126 Å². The highest BCUT2D eigenvalue weighted by molar-refractivity contribution is 6.21. The highest BCUT2D eigenvalue weighted by Crippen LogP contribution is 2.36. The molecule has 0 saturated carbocycles. The van der Waals surface area contributed by atoms with Crippen molar-refractivity contribution in [2.75, 3.05) is 0 Å². The molecule has 0 radical (unpaired) electrons. The van der Waals surface area contributed by atoms with Crippen LogP contribution in [-0.2, 0) is 0 Å². The van der Waals surface area contributed by atoms with Crippen molar-refractivity contribution in [2.24, 2.45) is 0 Å². The maximum atomic E-state index is 4.79. The molecule has 0 N–H and O–H groups in total. The van der Waals surface area contributed by atoms with Crippen LogP contribution in [0, 0.1) is 0 Å². The van der Waals surface area contributed by atoms with Crippen LogP contribution in [0.15, 0.2) is 67.1 Å². The van der Waals surface area contributed by atoms with Crippen molar-refractivity contribution < 1.29 is 0 Å². The summed E-state index contributed by atoms with van der Waals surface area (Å²) in [6.07, 6.45) is 5.44. The van der Waals surface area contributed by atoms with Gasteiger partial charge in [0.25, 0.3) is 0 Å².